The molecule has 2 rings (SSSR count). The van der Waals surface area contributed by atoms with Gasteiger partial charge in [-0.05, 0) is 40.0 Å². The third kappa shape index (κ3) is 4.67. The monoisotopic (exact) mass is 325 g/mol. The van der Waals surface area contributed by atoms with Crippen molar-refractivity contribution in [1.29, 1.82) is 0 Å². The molecule has 0 aromatic rings. The summed E-state index contributed by atoms with van der Waals surface area (Å²) in [6.45, 7) is 6.79. The van der Waals surface area contributed by atoms with E-state index in [9.17, 15) is 14.4 Å². The van der Waals surface area contributed by atoms with Gasteiger partial charge in [-0.25, -0.2) is 4.79 Å². The van der Waals surface area contributed by atoms with Gasteiger partial charge in [0.05, 0.1) is 6.04 Å². The zero-order valence-corrected chi connectivity index (χ0v) is 14.4. The van der Waals surface area contributed by atoms with E-state index in [1.165, 1.54) is 11.9 Å². The van der Waals surface area contributed by atoms with E-state index >= 15 is 0 Å². The smallest absolute Gasteiger partial charge is 0.410 e. The first kappa shape index (κ1) is 17.7. The number of likely N-dealkylation sites (N-methyl/N-ethyl adjacent to an activating group) is 1. The Hall–Kier alpha value is -1.63. The summed E-state index contributed by atoms with van der Waals surface area (Å²) in [5, 5.41) is 3.34. The lowest BCUT2D eigenvalue weighted by Gasteiger charge is -2.36. The summed E-state index contributed by atoms with van der Waals surface area (Å²) in [5.41, 5.74) is -0.488. The third-order valence-electron chi connectivity index (χ3n) is 4.23. The predicted molar refractivity (Wildman–Crippen MR) is 84.8 cm³/mol. The molecule has 1 atom stereocenters. The second-order valence-electron chi connectivity index (χ2n) is 7.29. The van der Waals surface area contributed by atoms with E-state index in [0.29, 0.717) is 25.9 Å². The molecule has 0 bridgehead atoms. The first-order chi connectivity index (χ1) is 10.7. The van der Waals surface area contributed by atoms with Crippen LogP contribution in [0.4, 0.5) is 4.79 Å². The molecule has 3 amide bonds. The molecule has 1 N–H and O–H groups in total. The fourth-order valence-corrected chi connectivity index (χ4v) is 2.91. The fourth-order valence-electron chi connectivity index (χ4n) is 2.91. The maximum atomic E-state index is 12.1. The molecule has 0 spiro atoms. The van der Waals surface area contributed by atoms with Gasteiger partial charge in [-0.3, -0.25) is 14.5 Å². The standard InChI is InChI=1S/C16H27N3O4/c1-16(2,3)23-15(22)19-9-7-11(8-10-19)17-12-5-6-13(20)18(4)14(12)21/h11-12,17H,5-10H2,1-4H3. The number of amides is 3. The van der Waals surface area contributed by atoms with E-state index in [0.717, 1.165) is 12.8 Å². The summed E-state index contributed by atoms with van der Waals surface area (Å²) in [5.74, 6) is -0.274. The number of hydrogen-bond donors (Lipinski definition) is 1. The second-order valence-corrected chi connectivity index (χ2v) is 7.29. The topological polar surface area (TPSA) is 79.0 Å². The number of carbonyl (C=O) groups excluding carboxylic acids is 3. The first-order valence-corrected chi connectivity index (χ1v) is 8.22. The van der Waals surface area contributed by atoms with Crippen molar-refractivity contribution in [3.8, 4) is 0 Å². The number of piperidine rings is 2. The Balaban J connectivity index is 1.80. The van der Waals surface area contributed by atoms with Crippen LogP contribution in [0.25, 0.3) is 0 Å². The highest BCUT2D eigenvalue weighted by Crippen LogP contribution is 2.18. The minimum Gasteiger partial charge on any atom is -0.444 e. The molecule has 0 radical (unpaired) electrons. The van der Waals surface area contributed by atoms with Crippen molar-refractivity contribution in [3.05, 3.63) is 0 Å². The molecule has 0 aromatic carbocycles. The molecule has 7 heteroatoms. The summed E-state index contributed by atoms with van der Waals surface area (Å²) in [6.07, 6.45) is 2.22. The number of hydrogen-bond acceptors (Lipinski definition) is 5. The largest absolute Gasteiger partial charge is 0.444 e. The van der Waals surface area contributed by atoms with Gasteiger partial charge in [0.15, 0.2) is 0 Å². The third-order valence-corrected chi connectivity index (χ3v) is 4.23. The van der Waals surface area contributed by atoms with Gasteiger partial charge in [0.1, 0.15) is 5.60 Å². The first-order valence-electron chi connectivity index (χ1n) is 8.22. The molecule has 2 aliphatic rings. The van der Waals surface area contributed by atoms with Crippen molar-refractivity contribution in [1.82, 2.24) is 15.1 Å². The highest BCUT2D eigenvalue weighted by atomic mass is 16.6. The van der Waals surface area contributed by atoms with E-state index in [1.807, 2.05) is 20.8 Å². The lowest BCUT2D eigenvalue weighted by atomic mass is 9.99. The lowest BCUT2D eigenvalue weighted by molar-refractivity contribution is -0.148. The van der Waals surface area contributed by atoms with E-state index in [1.54, 1.807) is 4.90 Å². The molecule has 0 aromatic heterocycles. The molecule has 7 nitrogen and oxygen atoms in total. The number of ether oxygens (including phenoxy) is 1. The quantitative estimate of drug-likeness (QED) is 0.770. The Morgan fingerprint density at radius 3 is 2.35 bits per heavy atom. The van der Waals surface area contributed by atoms with Crippen LogP contribution in [0.15, 0.2) is 0 Å². The molecule has 2 saturated heterocycles. The maximum Gasteiger partial charge on any atom is 0.410 e. The molecule has 0 saturated carbocycles. The number of nitrogens with one attached hydrogen (secondary N) is 1. The van der Waals surface area contributed by atoms with E-state index in [-0.39, 0.29) is 30.0 Å². The van der Waals surface area contributed by atoms with Gasteiger partial charge in [-0.15, -0.1) is 0 Å². The number of carbonyl (C=O) groups is 3. The minimum atomic E-state index is -0.488. The SMILES string of the molecule is CN1C(=O)CCC(NC2CCN(C(=O)OC(C)(C)C)CC2)C1=O. The van der Waals surface area contributed by atoms with Crippen molar-refractivity contribution < 1.29 is 19.1 Å². The van der Waals surface area contributed by atoms with Gasteiger partial charge in [0, 0.05) is 32.6 Å². The van der Waals surface area contributed by atoms with Crippen molar-refractivity contribution in [2.24, 2.45) is 0 Å². The van der Waals surface area contributed by atoms with E-state index in [4.69, 9.17) is 4.74 Å². The van der Waals surface area contributed by atoms with Gasteiger partial charge < -0.3 is 15.0 Å². The van der Waals surface area contributed by atoms with Crippen LogP contribution in [0.3, 0.4) is 0 Å². The number of likely N-dealkylation sites (tertiary alicyclic amines) is 2. The van der Waals surface area contributed by atoms with E-state index in [2.05, 4.69) is 5.32 Å². The van der Waals surface area contributed by atoms with Crippen LogP contribution in [0.2, 0.25) is 0 Å². The molecule has 0 aliphatic carbocycles. The van der Waals surface area contributed by atoms with Gasteiger partial charge in [0.2, 0.25) is 11.8 Å². The van der Waals surface area contributed by atoms with Crippen LogP contribution in [0.1, 0.15) is 46.5 Å². The summed E-state index contributed by atoms with van der Waals surface area (Å²) in [6, 6.07) is -0.111. The second kappa shape index (κ2) is 6.86. The predicted octanol–water partition coefficient (Wildman–Crippen LogP) is 1.12. The average Bonchev–Trinajstić information content (AvgIpc) is 2.47. The molecular weight excluding hydrogens is 298 g/mol. The van der Waals surface area contributed by atoms with Gasteiger partial charge in [-0.1, -0.05) is 0 Å². The summed E-state index contributed by atoms with van der Waals surface area (Å²) in [7, 11) is 1.53. The summed E-state index contributed by atoms with van der Waals surface area (Å²) in [4.78, 5) is 38.5. The highest BCUT2D eigenvalue weighted by Gasteiger charge is 2.34. The van der Waals surface area contributed by atoms with Crippen molar-refractivity contribution in [3.63, 3.8) is 0 Å². The van der Waals surface area contributed by atoms with Crippen molar-refractivity contribution in [2.45, 2.75) is 64.1 Å². The highest BCUT2D eigenvalue weighted by molar-refractivity contribution is 6.00. The summed E-state index contributed by atoms with van der Waals surface area (Å²) < 4.78 is 5.37. The van der Waals surface area contributed by atoms with Crippen LogP contribution in [0.5, 0.6) is 0 Å². The van der Waals surface area contributed by atoms with Crippen LogP contribution in [-0.4, -0.2) is 65.5 Å². The van der Waals surface area contributed by atoms with Gasteiger partial charge in [0.25, 0.3) is 0 Å². The number of rotatable bonds is 2. The fraction of sp³-hybridized carbons (Fsp3) is 0.812. The van der Waals surface area contributed by atoms with Crippen LogP contribution in [0, 0.1) is 0 Å². The minimum absolute atomic E-state index is 0.118. The molecular formula is C16H27N3O4. The van der Waals surface area contributed by atoms with Crippen LogP contribution in [-0.2, 0) is 14.3 Å². The zero-order valence-electron chi connectivity index (χ0n) is 14.4. The van der Waals surface area contributed by atoms with Crippen molar-refractivity contribution >= 4 is 17.9 Å². The summed E-state index contributed by atoms with van der Waals surface area (Å²) >= 11 is 0. The van der Waals surface area contributed by atoms with Gasteiger partial charge >= 0.3 is 6.09 Å². The number of nitrogens with zero attached hydrogens (tertiary/aromatic N) is 2. The van der Waals surface area contributed by atoms with Crippen LogP contribution >= 0.6 is 0 Å². The maximum absolute atomic E-state index is 12.1. The zero-order chi connectivity index (χ0) is 17.2. The molecule has 23 heavy (non-hydrogen) atoms. The number of imide groups is 1. The van der Waals surface area contributed by atoms with E-state index < -0.39 is 5.60 Å². The average molecular weight is 325 g/mol. The molecule has 2 heterocycles. The Morgan fingerprint density at radius 1 is 1.17 bits per heavy atom. The Kier molecular flexibility index (Phi) is 5.29. The normalized spacial score (nSPS) is 24.1. The lowest BCUT2D eigenvalue weighted by Crippen LogP contribution is -2.56. The Labute approximate surface area is 137 Å². The van der Waals surface area contributed by atoms with Crippen molar-refractivity contribution in [2.75, 3.05) is 20.1 Å². The van der Waals surface area contributed by atoms with Crippen LogP contribution < -0.4 is 5.32 Å². The molecule has 2 fully saturated rings. The van der Waals surface area contributed by atoms with Gasteiger partial charge in [-0.2, -0.15) is 0 Å². The molecule has 1 unspecified atom stereocenters. The Bertz CT molecular complexity index is 478. The molecule has 130 valence electrons. The Morgan fingerprint density at radius 2 is 1.78 bits per heavy atom. The molecule has 2 aliphatic heterocycles.